The third kappa shape index (κ3) is 3.46. The number of nitrogens with one attached hydrogen (secondary N) is 1. The van der Waals surface area contributed by atoms with Crippen molar-refractivity contribution < 1.29 is 4.79 Å². The summed E-state index contributed by atoms with van der Waals surface area (Å²) in [6, 6.07) is 10.5. The number of benzene rings is 1. The van der Waals surface area contributed by atoms with E-state index in [1.54, 1.807) is 48.8 Å². The number of hydrogen-bond donors (Lipinski definition) is 1. The second-order valence-electron chi connectivity index (χ2n) is 4.77. The number of pyridine rings is 1. The van der Waals surface area contributed by atoms with Gasteiger partial charge in [0.1, 0.15) is 6.54 Å². The molecule has 114 valence electrons. The van der Waals surface area contributed by atoms with Crippen LogP contribution in [0.4, 0.5) is 0 Å². The van der Waals surface area contributed by atoms with Gasteiger partial charge in [0.25, 0.3) is 11.5 Å². The lowest BCUT2D eigenvalue weighted by molar-refractivity contribution is -0.121. The smallest absolute Gasteiger partial charge is 0.261 e. The molecule has 0 aliphatic carbocycles. The summed E-state index contributed by atoms with van der Waals surface area (Å²) in [4.78, 5) is 32.2. The number of para-hydroxylation sites is 1. The first-order chi connectivity index (χ1) is 11.2. The molecule has 0 aliphatic heterocycles. The van der Waals surface area contributed by atoms with Gasteiger partial charge in [0.15, 0.2) is 0 Å². The molecule has 23 heavy (non-hydrogen) atoms. The van der Waals surface area contributed by atoms with Gasteiger partial charge in [-0.3, -0.25) is 19.1 Å². The van der Waals surface area contributed by atoms with Crippen LogP contribution in [0.3, 0.4) is 0 Å². The first kappa shape index (κ1) is 14.6. The molecule has 7 nitrogen and oxygen atoms in total. The number of nitrogens with zero attached hydrogens (tertiary/aromatic N) is 4. The van der Waals surface area contributed by atoms with E-state index in [0.29, 0.717) is 10.9 Å². The minimum absolute atomic E-state index is 0.148. The van der Waals surface area contributed by atoms with Crippen molar-refractivity contribution in [3.05, 3.63) is 71.0 Å². The fourth-order valence-corrected chi connectivity index (χ4v) is 2.04. The molecule has 0 bridgehead atoms. The zero-order valence-electron chi connectivity index (χ0n) is 12.1. The molecular formula is C16H13N5O2. The average molecular weight is 307 g/mol. The zero-order chi connectivity index (χ0) is 16.1. The van der Waals surface area contributed by atoms with E-state index < -0.39 is 5.91 Å². The number of aromatic nitrogens is 3. The van der Waals surface area contributed by atoms with Crippen LogP contribution in [0.1, 0.15) is 5.56 Å². The van der Waals surface area contributed by atoms with Crippen LogP contribution in [0, 0.1) is 0 Å². The molecule has 2 aromatic heterocycles. The molecule has 0 radical (unpaired) electrons. The molecule has 0 spiro atoms. The van der Waals surface area contributed by atoms with Crippen LogP contribution in [0.2, 0.25) is 0 Å². The van der Waals surface area contributed by atoms with Crippen molar-refractivity contribution in [3.8, 4) is 0 Å². The topological polar surface area (TPSA) is 89.2 Å². The summed E-state index contributed by atoms with van der Waals surface area (Å²) in [5, 5.41) is 4.32. The fourth-order valence-electron chi connectivity index (χ4n) is 2.04. The summed E-state index contributed by atoms with van der Waals surface area (Å²) in [6.07, 6.45) is 6.12. The number of carbonyl (C=O) groups is 1. The molecule has 1 N–H and O–H groups in total. The molecule has 0 atom stereocenters. The van der Waals surface area contributed by atoms with Crippen LogP contribution in [0.15, 0.2) is 65.0 Å². The summed E-state index contributed by atoms with van der Waals surface area (Å²) < 4.78 is 1.25. The molecule has 3 aromatic rings. The molecule has 0 aliphatic rings. The molecule has 7 heteroatoms. The van der Waals surface area contributed by atoms with Crippen molar-refractivity contribution in [1.29, 1.82) is 0 Å². The van der Waals surface area contributed by atoms with E-state index in [-0.39, 0.29) is 12.1 Å². The fraction of sp³-hybridized carbons (Fsp3) is 0.0625. The maximum absolute atomic E-state index is 12.3. The summed E-state index contributed by atoms with van der Waals surface area (Å²) in [7, 11) is 0. The lowest BCUT2D eigenvalue weighted by Gasteiger charge is -2.05. The molecule has 1 aromatic carbocycles. The largest absolute Gasteiger partial charge is 0.289 e. The molecular weight excluding hydrogens is 294 g/mol. The van der Waals surface area contributed by atoms with E-state index in [1.807, 2.05) is 0 Å². The molecule has 3 rings (SSSR count). The highest BCUT2D eigenvalue weighted by atomic mass is 16.2. The number of rotatable bonds is 4. The van der Waals surface area contributed by atoms with Gasteiger partial charge in [0, 0.05) is 12.4 Å². The van der Waals surface area contributed by atoms with Crippen LogP contribution in [-0.2, 0) is 11.3 Å². The first-order valence-electron chi connectivity index (χ1n) is 6.90. The molecule has 0 saturated carbocycles. The number of fused-ring (bicyclic) bond motifs is 1. The predicted octanol–water partition coefficient (Wildman–Crippen LogP) is 0.942. The molecule has 2 heterocycles. The third-order valence-electron chi connectivity index (χ3n) is 3.15. The Morgan fingerprint density at radius 1 is 1.22 bits per heavy atom. The van der Waals surface area contributed by atoms with Crippen molar-refractivity contribution in [2.24, 2.45) is 5.10 Å². The monoisotopic (exact) mass is 307 g/mol. The van der Waals surface area contributed by atoms with Crippen molar-refractivity contribution in [3.63, 3.8) is 0 Å². The Balaban J connectivity index is 1.70. The summed E-state index contributed by atoms with van der Waals surface area (Å²) >= 11 is 0. The second kappa shape index (κ2) is 6.61. The summed E-state index contributed by atoms with van der Waals surface area (Å²) in [5.41, 5.74) is 3.53. The predicted molar refractivity (Wildman–Crippen MR) is 86.0 cm³/mol. The van der Waals surface area contributed by atoms with Crippen LogP contribution < -0.4 is 11.0 Å². The Morgan fingerprint density at radius 2 is 2.00 bits per heavy atom. The van der Waals surface area contributed by atoms with Gasteiger partial charge >= 0.3 is 0 Å². The summed E-state index contributed by atoms with van der Waals surface area (Å²) in [6.45, 7) is -0.148. The lowest BCUT2D eigenvalue weighted by atomic mass is 10.2. The molecule has 0 fully saturated rings. The Labute approximate surface area is 131 Å². The van der Waals surface area contributed by atoms with Gasteiger partial charge in [-0.05, 0) is 29.8 Å². The van der Waals surface area contributed by atoms with E-state index >= 15 is 0 Å². The maximum atomic E-state index is 12.3. The van der Waals surface area contributed by atoms with Gasteiger partial charge in [0.05, 0.1) is 23.4 Å². The number of amides is 1. The Bertz CT molecular complexity index is 918. The summed E-state index contributed by atoms with van der Waals surface area (Å²) in [5.74, 6) is -0.408. The Hall–Kier alpha value is -3.35. The van der Waals surface area contributed by atoms with Crippen molar-refractivity contribution in [2.75, 3.05) is 0 Å². The van der Waals surface area contributed by atoms with Gasteiger partial charge in [-0.25, -0.2) is 10.4 Å². The molecule has 0 unspecified atom stereocenters. The van der Waals surface area contributed by atoms with E-state index in [0.717, 1.165) is 5.56 Å². The minimum atomic E-state index is -0.408. The number of carbonyl (C=O) groups excluding carboxylic acids is 1. The van der Waals surface area contributed by atoms with Crippen LogP contribution >= 0.6 is 0 Å². The maximum Gasteiger partial charge on any atom is 0.261 e. The van der Waals surface area contributed by atoms with Crippen LogP contribution in [-0.4, -0.2) is 26.7 Å². The molecule has 1 amide bonds. The Kier molecular flexibility index (Phi) is 4.19. The van der Waals surface area contributed by atoms with Gasteiger partial charge in [-0.1, -0.05) is 12.1 Å². The van der Waals surface area contributed by atoms with E-state index in [1.165, 1.54) is 17.1 Å². The van der Waals surface area contributed by atoms with Crippen molar-refractivity contribution >= 4 is 23.0 Å². The number of hydrazone groups is 1. The SMILES string of the molecule is O=C(Cn1cnc2ccccc2c1=O)NN=Cc1ccncc1. The van der Waals surface area contributed by atoms with Gasteiger partial charge < -0.3 is 0 Å². The average Bonchev–Trinajstić information content (AvgIpc) is 2.59. The third-order valence-corrected chi connectivity index (χ3v) is 3.15. The zero-order valence-corrected chi connectivity index (χ0v) is 12.1. The standard InChI is InChI=1S/C16H13N5O2/c22-15(20-19-9-12-5-7-17-8-6-12)10-21-11-18-14-4-2-1-3-13(14)16(21)23/h1-9,11H,10H2,(H,20,22). The quantitative estimate of drug-likeness (QED) is 0.574. The normalized spacial score (nSPS) is 11.0. The van der Waals surface area contributed by atoms with E-state index in [9.17, 15) is 9.59 Å². The Morgan fingerprint density at radius 3 is 2.83 bits per heavy atom. The lowest BCUT2D eigenvalue weighted by Crippen LogP contribution is -2.30. The van der Waals surface area contributed by atoms with Crippen LogP contribution in [0.25, 0.3) is 10.9 Å². The molecule has 0 saturated heterocycles. The van der Waals surface area contributed by atoms with E-state index in [4.69, 9.17) is 0 Å². The highest BCUT2D eigenvalue weighted by Crippen LogP contribution is 2.04. The number of hydrogen-bond acceptors (Lipinski definition) is 5. The van der Waals surface area contributed by atoms with Gasteiger partial charge in [-0.15, -0.1) is 0 Å². The highest BCUT2D eigenvalue weighted by Gasteiger charge is 2.07. The van der Waals surface area contributed by atoms with Crippen molar-refractivity contribution in [2.45, 2.75) is 6.54 Å². The van der Waals surface area contributed by atoms with Crippen LogP contribution in [0.5, 0.6) is 0 Å². The van der Waals surface area contributed by atoms with Gasteiger partial charge in [-0.2, -0.15) is 5.10 Å². The van der Waals surface area contributed by atoms with Gasteiger partial charge in [0.2, 0.25) is 0 Å². The van der Waals surface area contributed by atoms with Crippen molar-refractivity contribution in [1.82, 2.24) is 20.0 Å². The first-order valence-corrected chi connectivity index (χ1v) is 6.90. The highest BCUT2D eigenvalue weighted by molar-refractivity contribution is 5.82. The minimum Gasteiger partial charge on any atom is -0.289 e. The second-order valence-corrected chi connectivity index (χ2v) is 4.77. The van der Waals surface area contributed by atoms with E-state index in [2.05, 4.69) is 20.5 Å².